The molecule has 0 amide bonds. The van der Waals surface area contributed by atoms with Crippen LogP contribution in [0.15, 0.2) is 30.3 Å². The maximum atomic E-state index is 14.3. The van der Waals surface area contributed by atoms with Crippen molar-refractivity contribution in [2.24, 2.45) is 0 Å². The van der Waals surface area contributed by atoms with Crippen LogP contribution in [0.4, 0.5) is 15.9 Å². The Balaban J connectivity index is 1.74. The van der Waals surface area contributed by atoms with Gasteiger partial charge in [-0.1, -0.05) is 6.07 Å². The van der Waals surface area contributed by atoms with Gasteiger partial charge in [-0.2, -0.15) is 10.5 Å². The highest BCUT2D eigenvalue weighted by Crippen LogP contribution is 2.25. The van der Waals surface area contributed by atoms with E-state index in [0.717, 1.165) is 24.9 Å². The lowest BCUT2D eigenvalue weighted by Crippen LogP contribution is -2.42. The molecule has 1 aromatic heterocycles. The SMILES string of the molecule is Cc1ccc(NC2CCCN(c3ccc(C#N)cc3F)C2)nc1C#N. The van der Waals surface area contributed by atoms with E-state index >= 15 is 0 Å². The van der Waals surface area contributed by atoms with Crippen LogP contribution in [0, 0.1) is 35.4 Å². The van der Waals surface area contributed by atoms with Gasteiger partial charge in [0.1, 0.15) is 23.4 Å². The Labute approximate surface area is 146 Å². The lowest BCUT2D eigenvalue weighted by Gasteiger charge is -2.35. The summed E-state index contributed by atoms with van der Waals surface area (Å²) in [5, 5.41) is 21.3. The van der Waals surface area contributed by atoms with E-state index in [2.05, 4.69) is 16.4 Å². The molecule has 0 spiro atoms. The van der Waals surface area contributed by atoms with Crippen molar-refractivity contribution in [3.63, 3.8) is 0 Å². The van der Waals surface area contributed by atoms with Gasteiger partial charge < -0.3 is 10.2 Å². The molecule has 0 saturated carbocycles. The third-order valence-corrected chi connectivity index (χ3v) is 4.39. The second kappa shape index (κ2) is 7.19. The van der Waals surface area contributed by atoms with E-state index < -0.39 is 0 Å². The minimum atomic E-state index is -0.375. The molecule has 1 aliphatic heterocycles. The number of rotatable bonds is 3. The minimum Gasteiger partial charge on any atom is -0.367 e. The molecule has 1 saturated heterocycles. The first kappa shape index (κ1) is 16.7. The van der Waals surface area contributed by atoms with Crippen LogP contribution in [0.3, 0.4) is 0 Å². The predicted molar refractivity (Wildman–Crippen MR) is 93.7 cm³/mol. The molecular formula is C19H18FN5. The van der Waals surface area contributed by atoms with Crippen LogP contribution in [-0.4, -0.2) is 24.1 Å². The average molecular weight is 335 g/mol. The first-order chi connectivity index (χ1) is 12.1. The highest BCUT2D eigenvalue weighted by Gasteiger charge is 2.22. The fourth-order valence-electron chi connectivity index (χ4n) is 3.08. The molecule has 5 nitrogen and oxygen atoms in total. The normalized spacial score (nSPS) is 16.8. The number of aromatic nitrogens is 1. The molecular weight excluding hydrogens is 317 g/mol. The molecule has 1 aromatic carbocycles. The van der Waals surface area contributed by atoms with Gasteiger partial charge in [-0.15, -0.1) is 0 Å². The van der Waals surface area contributed by atoms with E-state index in [0.29, 0.717) is 29.3 Å². The summed E-state index contributed by atoms with van der Waals surface area (Å²) in [6, 6.07) is 12.4. The number of nitrogens with one attached hydrogen (secondary N) is 1. The number of nitriles is 2. The zero-order chi connectivity index (χ0) is 17.8. The Bertz CT molecular complexity index is 865. The molecule has 0 aliphatic carbocycles. The van der Waals surface area contributed by atoms with Gasteiger partial charge in [-0.05, 0) is 49.6 Å². The summed E-state index contributed by atoms with van der Waals surface area (Å²) < 4.78 is 14.3. The van der Waals surface area contributed by atoms with Crippen molar-refractivity contribution in [2.75, 3.05) is 23.3 Å². The molecule has 126 valence electrons. The molecule has 2 aromatic rings. The van der Waals surface area contributed by atoms with Gasteiger partial charge in [-0.25, -0.2) is 9.37 Å². The van der Waals surface area contributed by atoms with Crippen molar-refractivity contribution in [3.8, 4) is 12.1 Å². The third kappa shape index (κ3) is 3.70. The highest BCUT2D eigenvalue weighted by molar-refractivity contribution is 5.52. The van der Waals surface area contributed by atoms with Gasteiger partial charge in [0.05, 0.1) is 17.3 Å². The van der Waals surface area contributed by atoms with Gasteiger partial charge in [0.2, 0.25) is 0 Å². The highest BCUT2D eigenvalue weighted by atomic mass is 19.1. The Morgan fingerprint density at radius 2 is 2.08 bits per heavy atom. The molecule has 1 N–H and O–H groups in total. The summed E-state index contributed by atoms with van der Waals surface area (Å²) in [5.41, 5.74) is 2.09. The molecule has 1 aliphatic rings. The van der Waals surface area contributed by atoms with Crippen molar-refractivity contribution in [1.82, 2.24) is 4.98 Å². The summed E-state index contributed by atoms with van der Waals surface area (Å²) in [7, 11) is 0. The van der Waals surface area contributed by atoms with E-state index in [1.165, 1.54) is 6.07 Å². The molecule has 3 rings (SSSR count). The Morgan fingerprint density at radius 3 is 2.80 bits per heavy atom. The van der Waals surface area contributed by atoms with Gasteiger partial charge in [0, 0.05) is 19.1 Å². The van der Waals surface area contributed by atoms with Gasteiger partial charge in [-0.3, -0.25) is 0 Å². The summed E-state index contributed by atoms with van der Waals surface area (Å²) in [6.45, 7) is 3.26. The number of halogens is 1. The zero-order valence-corrected chi connectivity index (χ0v) is 14.0. The molecule has 1 atom stereocenters. The number of pyridine rings is 1. The number of anilines is 2. The van der Waals surface area contributed by atoms with E-state index in [1.54, 1.807) is 12.1 Å². The topological polar surface area (TPSA) is 75.7 Å². The third-order valence-electron chi connectivity index (χ3n) is 4.39. The van der Waals surface area contributed by atoms with Crippen LogP contribution in [0.5, 0.6) is 0 Å². The van der Waals surface area contributed by atoms with Gasteiger partial charge in [0.15, 0.2) is 0 Å². The summed E-state index contributed by atoms with van der Waals surface area (Å²) in [4.78, 5) is 6.31. The molecule has 0 radical (unpaired) electrons. The van der Waals surface area contributed by atoms with Crippen molar-refractivity contribution < 1.29 is 4.39 Å². The zero-order valence-electron chi connectivity index (χ0n) is 14.0. The van der Waals surface area contributed by atoms with Crippen molar-refractivity contribution in [3.05, 3.63) is 53.0 Å². The maximum absolute atomic E-state index is 14.3. The molecule has 6 heteroatoms. The van der Waals surface area contributed by atoms with Crippen LogP contribution in [0.1, 0.15) is 29.7 Å². The number of hydrogen-bond acceptors (Lipinski definition) is 5. The molecule has 1 unspecified atom stereocenters. The number of hydrogen-bond donors (Lipinski definition) is 1. The second-order valence-corrected chi connectivity index (χ2v) is 6.18. The fourth-order valence-corrected chi connectivity index (χ4v) is 3.08. The average Bonchev–Trinajstić information content (AvgIpc) is 2.63. The van der Waals surface area contributed by atoms with E-state index in [1.807, 2.05) is 30.0 Å². The molecule has 1 fully saturated rings. The summed E-state index contributed by atoms with van der Waals surface area (Å²) >= 11 is 0. The predicted octanol–water partition coefficient (Wildman–Crippen LogP) is 3.35. The summed E-state index contributed by atoms with van der Waals surface area (Å²) in [6.07, 6.45) is 1.87. The Morgan fingerprint density at radius 1 is 1.24 bits per heavy atom. The van der Waals surface area contributed by atoms with E-state index in [-0.39, 0.29) is 11.9 Å². The van der Waals surface area contributed by atoms with Crippen LogP contribution < -0.4 is 10.2 Å². The second-order valence-electron chi connectivity index (χ2n) is 6.18. The van der Waals surface area contributed by atoms with Gasteiger partial charge in [0.25, 0.3) is 0 Å². The lowest BCUT2D eigenvalue weighted by molar-refractivity contribution is 0.518. The number of benzene rings is 1. The van der Waals surface area contributed by atoms with Gasteiger partial charge >= 0.3 is 0 Å². The van der Waals surface area contributed by atoms with Crippen molar-refractivity contribution in [2.45, 2.75) is 25.8 Å². The number of aryl methyl sites for hydroxylation is 1. The standard InChI is InChI=1S/C19H18FN5/c1-13-4-7-19(24-17(13)11-22)23-15-3-2-8-25(12-15)18-6-5-14(10-21)9-16(18)20/h4-7,9,15H,2-3,8,12H2,1H3,(H,23,24). The lowest BCUT2D eigenvalue weighted by atomic mass is 10.0. The molecule has 2 heterocycles. The van der Waals surface area contributed by atoms with E-state index in [9.17, 15) is 4.39 Å². The van der Waals surface area contributed by atoms with Crippen LogP contribution in [0.25, 0.3) is 0 Å². The van der Waals surface area contributed by atoms with Crippen LogP contribution >= 0.6 is 0 Å². The largest absolute Gasteiger partial charge is 0.367 e. The van der Waals surface area contributed by atoms with Crippen molar-refractivity contribution >= 4 is 11.5 Å². The molecule has 25 heavy (non-hydrogen) atoms. The Kier molecular flexibility index (Phi) is 4.81. The first-order valence-electron chi connectivity index (χ1n) is 8.19. The van der Waals surface area contributed by atoms with Crippen molar-refractivity contribution in [1.29, 1.82) is 10.5 Å². The molecule has 0 bridgehead atoms. The maximum Gasteiger partial charge on any atom is 0.147 e. The van der Waals surface area contributed by atoms with Crippen LogP contribution in [-0.2, 0) is 0 Å². The first-order valence-corrected chi connectivity index (χ1v) is 8.19. The fraction of sp³-hybridized carbons (Fsp3) is 0.316. The monoisotopic (exact) mass is 335 g/mol. The summed E-state index contributed by atoms with van der Waals surface area (Å²) in [5.74, 6) is 0.286. The minimum absolute atomic E-state index is 0.116. The quantitative estimate of drug-likeness (QED) is 0.931. The number of piperidine rings is 1. The van der Waals surface area contributed by atoms with E-state index in [4.69, 9.17) is 10.5 Å². The van der Waals surface area contributed by atoms with Crippen LogP contribution in [0.2, 0.25) is 0 Å². The number of nitrogens with zero attached hydrogens (tertiary/aromatic N) is 4. The Hall–Kier alpha value is -3.12. The smallest absolute Gasteiger partial charge is 0.147 e.